The van der Waals surface area contributed by atoms with Gasteiger partial charge in [-0.1, -0.05) is 0 Å². The standard InChI is InChI=1S/C13H16N4S/c1-7-5-11(14)12(15-6-7)18-13-16-9(3)8(2)10(4)17-13/h5-6H,14H2,1-4H3. The number of nitrogens with zero attached hydrogens (tertiary/aromatic N) is 3. The SMILES string of the molecule is Cc1cnc(Sc2nc(C)c(C)c(C)n2)c(N)c1. The molecule has 0 aromatic carbocycles. The van der Waals surface area contributed by atoms with Crippen LogP contribution >= 0.6 is 11.8 Å². The van der Waals surface area contributed by atoms with Crippen LogP contribution in [0.1, 0.15) is 22.5 Å². The van der Waals surface area contributed by atoms with Crippen molar-refractivity contribution < 1.29 is 0 Å². The molecule has 0 saturated carbocycles. The molecule has 0 atom stereocenters. The largest absolute Gasteiger partial charge is 0.397 e. The summed E-state index contributed by atoms with van der Waals surface area (Å²) < 4.78 is 0. The van der Waals surface area contributed by atoms with Crippen molar-refractivity contribution in [2.24, 2.45) is 0 Å². The first-order valence-electron chi connectivity index (χ1n) is 5.69. The molecule has 5 heteroatoms. The normalized spacial score (nSPS) is 10.7. The second-order valence-electron chi connectivity index (χ2n) is 4.31. The maximum atomic E-state index is 5.94. The monoisotopic (exact) mass is 260 g/mol. The summed E-state index contributed by atoms with van der Waals surface area (Å²) in [5, 5.41) is 1.45. The first kappa shape index (κ1) is 12.8. The fourth-order valence-corrected chi connectivity index (χ4v) is 2.36. The zero-order chi connectivity index (χ0) is 13.3. The Balaban J connectivity index is 2.34. The van der Waals surface area contributed by atoms with E-state index in [1.54, 1.807) is 6.20 Å². The molecule has 2 N–H and O–H groups in total. The molecule has 0 aliphatic rings. The predicted molar refractivity (Wildman–Crippen MR) is 73.8 cm³/mol. The van der Waals surface area contributed by atoms with Gasteiger partial charge in [0, 0.05) is 17.6 Å². The highest BCUT2D eigenvalue weighted by Gasteiger charge is 2.09. The van der Waals surface area contributed by atoms with Gasteiger partial charge < -0.3 is 5.73 Å². The molecular formula is C13H16N4S. The van der Waals surface area contributed by atoms with Crippen LogP contribution in [0.5, 0.6) is 0 Å². The van der Waals surface area contributed by atoms with Crippen LogP contribution in [0.4, 0.5) is 5.69 Å². The van der Waals surface area contributed by atoms with Crippen LogP contribution in [-0.4, -0.2) is 15.0 Å². The van der Waals surface area contributed by atoms with Crippen molar-refractivity contribution in [3.8, 4) is 0 Å². The lowest BCUT2D eigenvalue weighted by atomic mass is 10.2. The van der Waals surface area contributed by atoms with Crippen molar-refractivity contribution in [3.63, 3.8) is 0 Å². The minimum absolute atomic E-state index is 0.666. The van der Waals surface area contributed by atoms with Crippen LogP contribution in [0.25, 0.3) is 0 Å². The van der Waals surface area contributed by atoms with Crippen LogP contribution in [0.2, 0.25) is 0 Å². The lowest BCUT2D eigenvalue weighted by Crippen LogP contribution is -1.99. The van der Waals surface area contributed by atoms with Crippen molar-refractivity contribution in [1.82, 2.24) is 15.0 Å². The molecule has 0 radical (unpaired) electrons. The predicted octanol–water partition coefficient (Wildman–Crippen LogP) is 2.84. The van der Waals surface area contributed by atoms with Gasteiger partial charge in [0.2, 0.25) is 0 Å². The van der Waals surface area contributed by atoms with E-state index in [1.807, 2.05) is 33.8 Å². The van der Waals surface area contributed by atoms with E-state index >= 15 is 0 Å². The lowest BCUT2D eigenvalue weighted by Gasteiger charge is -2.07. The Morgan fingerprint density at radius 3 is 2.22 bits per heavy atom. The highest BCUT2D eigenvalue weighted by atomic mass is 32.2. The summed E-state index contributed by atoms with van der Waals surface area (Å²) in [6, 6.07) is 1.91. The number of rotatable bonds is 2. The fraction of sp³-hybridized carbons (Fsp3) is 0.308. The van der Waals surface area contributed by atoms with Crippen LogP contribution < -0.4 is 5.73 Å². The van der Waals surface area contributed by atoms with Crippen LogP contribution in [0.15, 0.2) is 22.4 Å². The van der Waals surface area contributed by atoms with Crippen LogP contribution in [0.3, 0.4) is 0 Å². The molecule has 2 heterocycles. The molecule has 4 nitrogen and oxygen atoms in total. The molecule has 94 valence electrons. The third-order valence-electron chi connectivity index (χ3n) is 2.82. The van der Waals surface area contributed by atoms with E-state index in [0.29, 0.717) is 10.8 Å². The molecule has 0 spiro atoms. The van der Waals surface area contributed by atoms with Crippen molar-refractivity contribution in [3.05, 3.63) is 34.8 Å². The molecule has 0 amide bonds. The first-order chi connectivity index (χ1) is 8.47. The average molecular weight is 260 g/mol. The molecule has 2 rings (SSSR count). The highest BCUT2D eigenvalue weighted by molar-refractivity contribution is 7.99. The zero-order valence-electron chi connectivity index (χ0n) is 11.0. The molecule has 18 heavy (non-hydrogen) atoms. The second-order valence-corrected chi connectivity index (χ2v) is 5.27. The Kier molecular flexibility index (Phi) is 3.52. The molecule has 2 aromatic rings. The van der Waals surface area contributed by atoms with E-state index in [1.165, 1.54) is 11.8 Å². The number of nitrogen functional groups attached to an aromatic ring is 1. The minimum atomic E-state index is 0.666. The molecule has 0 bridgehead atoms. The number of aromatic nitrogens is 3. The van der Waals surface area contributed by atoms with Crippen molar-refractivity contribution >= 4 is 17.4 Å². The van der Waals surface area contributed by atoms with Crippen LogP contribution in [-0.2, 0) is 0 Å². The molecule has 0 unspecified atom stereocenters. The van der Waals surface area contributed by atoms with Gasteiger partial charge >= 0.3 is 0 Å². The van der Waals surface area contributed by atoms with Gasteiger partial charge in [-0.2, -0.15) is 0 Å². The summed E-state index contributed by atoms with van der Waals surface area (Å²) in [5.74, 6) is 0. The topological polar surface area (TPSA) is 64.7 Å². The number of hydrogen-bond acceptors (Lipinski definition) is 5. The molecule has 2 aromatic heterocycles. The summed E-state index contributed by atoms with van der Waals surface area (Å²) in [4.78, 5) is 13.2. The third-order valence-corrected chi connectivity index (χ3v) is 3.72. The Morgan fingerprint density at radius 1 is 1.06 bits per heavy atom. The maximum absolute atomic E-state index is 5.94. The van der Waals surface area contributed by atoms with E-state index in [4.69, 9.17) is 5.73 Å². The summed E-state index contributed by atoms with van der Waals surface area (Å²) in [6.45, 7) is 7.96. The van der Waals surface area contributed by atoms with Gasteiger partial charge in [0.05, 0.1) is 5.69 Å². The zero-order valence-corrected chi connectivity index (χ0v) is 11.8. The van der Waals surface area contributed by atoms with Gasteiger partial charge in [-0.3, -0.25) is 0 Å². The Labute approximate surface area is 111 Å². The van der Waals surface area contributed by atoms with Crippen molar-refractivity contribution in [2.75, 3.05) is 5.73 Å². The van der Waals surface area contributed by atoms with Crippen molar-refractivity contribution in [2.45, 2.75) is 37.9 Å². The van der Waals surface area contributed by atoms with Gasteiger partial charge in [0.15, 0.2) is 5.16 Å². The molecule has 0 saturated heterocycles. The Hall–Kier alpha value is -1.62. The molecule has 0 fully saturated rings. The van der Waals surface area contributed by atoms with Gasteiger partial charge in [-0.15, -0.1) is 0 Å². The quantitative estimate of drug-likeness (QED) is 0.841. The molecule has 0 aliphatic carbocycles. The summed E-state index contributed by atoms with van der Waals surface area (Å²) in [5.41, 5.74) is 10.8. The number of hydrogen-bond donors (Lipinski definition) is 1. The first-order valence-corrected chi connectivity index (χ1v) is 6.51. The summed E-state index contributed by atoms with van der Waals surface area (Å²) in [7, 11) is 0. The molecular weight excluding hydrogens is 244 g/mol. The lowest BCUT2D eigenvalue weighted by molar-refractivity contribution is 0.878. The minimum Gasteiger partial charge on any atom is -0.397 e. The van der Waals surface area contributed by atoms with Crippen molar-refractivity contribution in [1.29, 1.82) is 0 Å². The Bertz CT molecular complexity index is 573. The Morgan fingerprint density at radius 2 is 1.67 bits per heavy atom. The third kappa shape index (κ3) is 2.61. The van der Waals surface area contributed by atoms with E-state index in [9.17, 15) is 0 Å². The van der Waals surface area contributed by atoms with Gasteiger partial charge in [0.1, 0.15) is 5.03 Å². The van der Waals surface area contributed by atoms with Gasteiger partial charge in [0.25, 0.3) is 0 Å². The second kappa shape index (κ2) is 4.94. The highest BCUT2D eigenvalue weighted by Crippen LogP contribution is 2.28. The smallest absolute Gasteiger partial charge is 0.194 e. The van der Waals surface area contributed by atoms with Gasteiger partial charge in [-0.25, -0.2) is 15.0 Å². The van der Waals surface area contributed by atoms with E-state index in [0.717, 1.165) is 27.5 Å². The van der Waals surface area contributed by atoms with E-state index in [2.05, 4.69) is 15.0 Å². The number of anilines is 1. The maximum Gasteiger partial charge on any atom is 0.194 e. The summed E-state index contributed by atoms with van der Waals surface area (Å²) in [6.07, 6.45) is 1.80. The van der Waals surface area contributed by atoms with Crippen LogP contribution in [0, 0.1) is 27.7 Å². The van der Waals surface area contributed by atoms with E-state index in [-0.39, 0.29) is 0 Å². The average Bonchev–Trinajstić information content (AvgIpc) is 2.29. The summed E-state index contributed by atoms with van der Waals surface area (Å²) >= 11 is 1.40. The van der Waals surface area contributed by atoms with Gasteiger partial charge in [-0.05, 0) is 56.7 Å². The fourth-order valence-electron chi connectivity index (χ4n) is 1.54. The number of aryl methyl sites for hydroxylation is 3. The number of pyridine rings is 1. The molecule has 0 aliphatic heterocycles. The number of nitrogens with two attached hydrogens (primary N) is 1. The van der Waals surface area contributed by atoms with E-state index < -0.39 is 0 Å².